The van der Waals surface area contributed by atoms with Crippen LogP contribution in [0.1, 0.15) is 6.92 Å². The fourth-order valence-corrected chi connectivity index (χ4v) is 1.13. The smallest absolute Gasteiger partial charge is 0.490 e. The Morgan fingerprint density at radius 2 is 1.94 bits per heavy atom. The molecule has 88 valence electrons. The average molecular weight is 272 g/mol. The van der Waals surface area contributed by atoms with Crippen LogP contribution in [-0.2, 0) is 0 Å². The van der Waals surface area contributed by atoms with Gasteiger partial charge in [0.2, 0.25) is 0 Å². The normalized spacial score (nSPS) is 12.5. The summed E-state index contributed by atoms with van der Waals surface area (Å²) >= 11 is 0. The van der Waals surface area contributed by atoms with Crippen LogP contribution in [0.3, 0.4) is 0 Å². The van der Waals surface area contributed by atoms with E-state index in [0.29, 0.717) is 6.07 Å². The van der Waals surface area contributed by atoms with Gasteiger partial charge in [-0.1, -0.05) is 18.1 Å². The van der Waals surface area contributed by atoms with Crippen LogP contribution in [0.5, 0.6) is 5.75 Å². The summed E-state index contributed by atoms with van der Waals surface area (Å²) in [5.41, 5.74) is -1.06. The summed E-state index contributed by atoms with van der Waals surface area (Å²) in [5, 5.41) is 0. The number of hydrogen-bond acceptors (Lipinski definition) is 1. The second kappa shape index (κ2) is 6.94. The van der Waals surface area contributed by atoms with Crippen LogP contribution in [0.4, 0.5) is 17.3 Å². The van der Waals surface area contributed by atoms with Crippen LogP contribution >= 0.6 is 0 Å². The molecule has 0 radical (unpaired) electrons. The largest absolute Gasteiger partial charge is 1.00 e. The third-order valence-electron chi connectivity index (χ3n) is 1.97. The molecule has 0 amide bonds. The van der Waals surface area contributed by atoms with Crippen molar-refractivity contribution in [3.8, 4) is 5.75 Å². The molecule has 0 spiro atoms. The van der Waals surface area contributed by atoms with E-state index in [0.717, 1.165) is 12.1 Å². The summed E-state index contributed by atoms with van der Waals surface area (Å²) in [7, 11) is 0. The first-order valence-electron chi connectivity index (χ1n) is 4.63. The fourth-order valence-electron chi connectivity index (χ4n) is 1.13. The molecule has 0 fully saturated rings. The second-order valence-electron chi connectivity index (χ2n) is 3.32. The summed E-state index contributed by atoms with van der Waals surface area (Å²) in [5.74, 6) is -1.31. The van der Waals surface area contributed by atoms with Gasteiger partial charge in [0.25, 0.3) is 0 Å². The van der Waals surface area contributed by atoms with E-state index in [4.69, 9.17) is 4.74 Å². The van der Waals surface area contributed by atoms with Crippen molar-refractivity contribution in [1.82, 2.24) is 0 Å². The Balaban J connectivity index is 0.00000256. The zero-order valence-electron chi connectivity index (χ0n) is 9.59. The van der Waals surface area contributed by atoms with E-state index in [2.05, 4.69) is 6.58 Å². The summed E-state index contributed by atoms with van der Waals surface area (Å²) in [6.45, 7) is -0.356. The Labute approximate surface area is 140 Å². The van der Waals surface area contributed by atoms with Gasteiger partial charge in [0, 0.05) is 0 Å². The van der Waals surface area contributed by atoms with Crippen molar-refractivity contribution in [3.63, 3.8) is 0 Å². The van der Waals surface area contributed by atoms with Gasteiger partial charge in [0.1, 0.15) is 11.9 Å². The van der Waals surface area contributed by atoms with Crippen LogP contribution in [-0.4, -0.2) is 13.1 Å². The average Bonchev–Trinajstić information content (AvgIpc) is 2.19. The predicted octanol–water partition coefficient (Wildman–Crippen LogP) is -0.163. The number of benzene rings is 1. The summed E-state index contributed by atoms with van der Waals surface area (Å²) in [6, 6.07) is 2.33. The van der Waals surface area contributed by atoms with E-state index >= 15 is 0 Å². The van der Waals surface area contributed by atoms with Crippen molar-refractivity contribution in [2.45, 2.75) is 13.0 Å². The molecule has 1 aromatic rings. The molecule has 0 saturated carbocycles. The number of halogens is 4. The topological polar surface area (TPSA) is 9.23 Å². The number of rotatable bonds is 4. The predicted molar refractivity (Wildman–Crippen MR) is 55.4 cm³/mol. The Hall–Kier alpha value is 0.181. The molecule has 0 aliphatic rings. The quantitative estimate of drug-likeness (QED) is 0.420. The first-order chi connectivity index (χ1) is 7.34. The molecule has 0 aliphatic heterocycles. The molecule has 1 nitrogen and oxygen atoms in total. The first-order valence-corrected chi connectivity index (χ1v) is 4.63. The molecular weight excluding hydrogens is 262 g/mol. The van der Waals surface area contributed by atoms with Crippen LogP contribution in [0.25, 0.3) is 0 Å². The Morgan fingerprint density at radius 1 is 1.35 bits per heavy atom. The molecule has 0 N–H and O–H groups in total. The van der Waals surface area contributed by atoms with Crippen molar-refractivity contribution >= 4 is 12.4 Å². The van der Waals surface area contributed by atoms with Crippen molar-refractivity contribution in [1.29, 1.82) is 0 Å². The van der Waals surface area contributed by atoms with Gasteiger partial charge in [-0.3, -0.25) is 0 Å². The molecular formula is C10H10BF4KO. The van der Waals surface area contributed by atoms with Gasteiger partial charge < -0.3 is 17.7 Å². The molecule has 1 rings (SSSR count). The van der Waals surface area contributed by atoms with Gasteiger partial charge in [-0.2, -0.15) is 0 Å². The number of hydrogen-bond donors (Lipinski definition) is 0. The maximum Gasteiger partial charge on any atom is 1.00 e. The van der Waals surface area contributed by atoms with Crippen molar-refractivity contribution in [2.75, 3.05) is 0 Å². The zero-order valence-corrected chi connectivity index (χ0v) is 12.7. The minimum Gasteiger partial charge on any atom is -0.490 e. The maximum atomic E-state index is 12.7. The Kier molecular flexibility index (Phi) is 7.01. The SMILES string of the molecule is C=CC(C)Oc1ccc(F)cc1[B-](F)(F)F.[K+]. The maximum absolute atomic E-state index is 12.7. The van der Waals surface area contributed by atoms with E-state index in [-0.39, 0.29) is 57.1 Å². The molecule has 7 heteroatoms. The fraction of sp³-hybridized carbons (Fsp3) is 0.200. The minimum atomic E-state index is -5.29. The van der Waals surface area contributed by atoms with Gasteiger partial charge in [-0.15, -0.1) is 0 Å². The van der Waals surface area contributed by atoms with Crippen LogP contribution in [0.2, 0.25) is 0 Å². The van der Waals surface area contributed by atoms with Gasteiger partial charge in [-0.25, -0.2) is 4.39 Å². The van der Waals surface area contributed by atoms with Crippen molar-refractivity contribution in [2.24, 2.45) is 0 Å². The van der Waals surface area contributed by atoms with E-state index in [9.17, 15) is 17.3 Å². The van der Waals surface area contributed by atoms with Gasteiger partial charge in [0.15, 0.2) is 0 Å². The van der Waals surface area contributed by atoms with Crippen LogP contribution in [0, 0.1) is 5.82 Å². The number of ether oxygens (including phenoxy) is 1. The van der Waals surface area contributed by atoms with Gasteiger partial charge >= 0.3 is 58.4 Å². The van der Waals surface area contributed by atoms with E-state index in [1.54, 1.807) is 6.92 Å². The van der Waals surface area contributed by atoms with Gasteiger partial charge in [-0.05, 0) is 25.1 Å². The van der Waals surface area contributed by atoms with E-state index in [1.165, 1.54) is 6.08 Å². The minimum absolute atomic E-state index is 0. The third-order valence-corrected chi connectivity index (χ3v) is 1.97. The first kappa shape index (κ1) is 17.2. The third kappa shape index (κ3) is 5.13. The van der Waals surface area contributed by atoms with Crippen LogP contribution < -0.4 is 61.6 Å². The summed E-state index contributed by atoms with van der Waals surface area (Å²) < 4.78 is 55.4. The molecule has 1 unspecified atom stereocenters. The van der Waals surface area contributed by atoms with E-state index < -0.39 is 24.4 Å². The zero-order chi connectivity index (χ0) is 12.3. The molecule has 0 heterocycles. The Morgan fingerprint density at radius 3 is 2.41 bits per heavy atom. The molecule has 0 saturated heterocycles. The summed E-state index contributed by atoms with van der Waals surface area (Å²) in [4.78, 5) is 0. The Bertz CT molecular complexity index is 394. The molecule has 1 aromatic carbocycles. The van der Waals surface area contributed by atoms with Crippen molar-refractivity contribution in [3.05, 3.63) is 36.7 Å². The van der Waals surface area contributed by atoms with Crippen LogP contribution in [0.15, 0.2) is 30.9 Å². The molecule has 0 aliphatic carbocycles. The van der Waals surface area contributed by atoms with E-state index in [1.807, 2.05) is 0 Å². The molecule has 17 heavy (non-hydrogen) atoms. The second-order valence-corrected chi connectivity index (χ2v) is 3.32. The van der Waals surface area contributed by atoms with Gasteiger partial charge in [0.05, 0.1) is 5.75 Å². The molecule has 1 atom stereocenters. The molecule has 0 aromatic heterocycles. The standard InChI is InChI=1S/C10H10BF4O.K/c1-3-7(2)16-10-5-4-8(12)6-9(10)11(13,14)15;/h3-7H,1H2,2H3;/q-1;+1. The van der Waals surface area contributed by atoms with Crippen molar-refractivity contribution < 1.29 is 73.5 Å². The monoisotopic (exact) mass is 272 g/mol. The molecule has 0 bridgehead atoms. The summed E-state index contributed by atoms with van der Waals surface area (Å²) in [6.07, 6.45) is 0.790.